The molecule has 1 atom stereocenters. The van der Waals surface area contributed by atoms with Crippen molar-refractivity contribution >= 4 is 38.7 Å². The highest BCUT2D eigenvalue weighted by molar-refractivity contribution is 7.92. The van der Waals surface area contributed by atoms with Gasteiger partial charge in [-0.3, -0.25) is 9.10 Å². The molecule has 1 aliphatic carbocycles. The molecule has 0 bridgehead atoms. The quantitative estimate of drug-likeness (QED) is 0.395. The second-order valence-electron chi connectivity index (χ2n) is 9.02. The van der Waals surface area contributed by atoms with E-state index in [0.717, 1.165) is 12.7 Å². The lowest BCUT2D eigenvalue weighted by Gasteiger charge is -2.26. The third-order valence-electron chi connectivity index (χ3n) is 6.34. The number of nitrogens with zero attached hydrogens (tertiary/aromatic N) is 3. The number of carbonyl (C=O) groups is 2. The maximum absolute atomic E-state index is 13.6. The van der Waals surface area contributed by atoms with Crippen molar-refractivity contribution in [2.24, 2.45) is 5.92 Å². The van der Waals surface area contributed by atoms with Crippen LogP contribution < -0.4 is 4.31 Å². The van der Waals surface area contributed by atoms with Gasteiger partial charge in [0.15, 0.2) is 0 Å². The molecule has 11 heteroatoms. The predicted molar refractivity (Wildman–Crippen MR) is 142 cm³/mol. The molecule has 200 valence electrons. The van der Waals surface area contributed by atoms with Crippen LogP contribution in [0.4, 0.5) is 10.1 Å². The SMILES string of the molecule is CCCCN(c1cn2nc(-c3ccc(F)cc3)c(C(=O)OC)c2cc1C1=CC(C(=O)O)CC=C1)S(C)(=O)=O. The first-order valence-corrected chi connectivity index (χ1v) is 13.9. The van der Waals surface area contributed by atoms with Crippen LogP contribution in [0.25, 0.3) is 22.3 Å². The van der Waals surface area contributed by atoms with E-state index in [1.807, 2.05) is 6.92 Å². The van der Waals surface area contributed by atoms with E-state index in [1.54, 1.807) is 24.3 Å². The topological polar surface area (TPSA) is 118 Å². The molecule has 0 amide bonds. The van der Waals surface area contributed by atoms with E-state index in [4.69, 9.17) is 4.74 Å². The number of carbonyl (C=O) groups excluding carboxylic acids is 1. The fourth-order valence-corrected chi connectivity index (χ4v) is 5.39. The number of aromatic nitrogens is 2. The van der Waals surface area contributed by atoms with Crippen molar-refractivity contribution in [3.05, 3.63) is 71.7 Å². The third-order valence-corrected chi connectivity index (χ3v) is 7.52. The van der Waals surface area contributed by atoms with Gasteiger partial charge in [-0.05, 0) is 48.7 Å². The summed E-state index contributed by atoms with van der Waals surface area (Å²) in [6.07, 6.45) is 9.30. The molecule has 0 fully saturated rings. The number of unbranched alkanes of at least 4 members (excludes halogenated alkanes) is 1. The van der Waals surface area contributed by atoms with Gasteiger partial charge in [0, 0.05) is 17.7 Å². The number of rotatable bonds is 9. The van der Waals surface area contributed by atoms with Gasteiger partial charge in [0.1, 0.15) is 17.1 Å². The van der Waals surface area contributed by atoms with E-state index in [-0.39, 0.29) is 17.8 Å². The minimum Gasteiger partial charge on any atom is -0.481 e. The molecule has 2 heterocycles. The lowest BCUT2D eigenvalue weighted by molar-refractivity contribution is -0.139. The first-order valence-electron chi connectivity index (χ1n) is 12.0. The first kappa shape index (κ1) is 27.1. The van der Waals surface area contributed by atoms with Gasteiger partial charge in [-0.1, -0.05) is 31.6 Å². The molecule has 0 aliphatic heterocycles. The zero-order valence-electron chi connectivity index (χ0n) is 21.2. The summed E-state index contributed by atoms with van der Waals surface area (Å²) in [6.45, 7) is 2.14. The molecule has 1 N–H and O–H groups in total. The molecule has 9 nitrogen and oxygen atoms in total. The van der Waals surface area contributed by atoms with Crippen molar-refractivity contribution < 1.29 is 32.2 Å². The number of ether oxygens (including phenoxy) is 1. The van der Waals surface area contributed by atoms with E-state index < -0.39 is 33.7 Å². The number of fused-ring (bicyclic) bond motifs is 1. The Morgan fingerprint density at radius 1 is 1.26 bits per heavy atom. The van der Waals surface area contributed by atoms with Crippen molar-refractivity contribution in [2.75, 3.05) is 24.2 Å². The van der Waals surface area contributed by atoms with Crippen molar-refractivity contribution in [1.29, 1.82) is 0 Å². The number of methoxy groups -OCH3 is 1. The number of benzene rings is 1. The molecule has 0 saturated heterocycles. The van der Waals surface area contributed by atoms with Crippen molar-refractivity contribution in [1.82, 2.24) is 9.61 Å². The molecule has 38 heavy (non-hydrogen) atoms. The standard InChI is InChI=1S/C27H28FN3O6S/c1-4-5-13-31(38(3,35)36)23-16-30-22(15-21(23)18-7-6-8-19(14-18)26(32)33)24(27(34)37-2)25(29-30)17-9-11-20(28)12-10-17/h6-7,9-12,14-16,19H,4-5,8,13H2,1-3H3,(H,32,33). The summed E-state index contributed by atoms with van der Waals surface area (Å²) in [6, 6.07) is 7.08. The summed E-state index contributed by atoms with van der Waals surface area (Å²) in [5.74, 6) is -2.93. The van der Waals surface area contributed by atoms with Crippen molar-refractivity contribution in [3.8, 4) is 11.3 Å². The Bertz CT molecular complexity index is 1560. The first-order chi connectivity index (χ1) is 18.0. The molecule has 0 saturated carbocycles. The molecule has 0 spiro atoms. The van der Waals surface area contributed by atoms with Gasteiger partial charge < -0.3 is 9.84 Å². The average molecular weight is 542 g/mol. The molecule has 4 rings (SSSR count). The fraction of sp³-hybridized carbons (Fsp3) is 0.296. The van der Waals surface area contributed by atoms with Crippen LogP contribution in [-0.4, -0.2) is 55.0 Å². The van der Waals surface area contributed by atoms with E-state index in [0.29, 0.717) is 40.7 Å². The Morgan fingerprint density at radius 2 is 1.97 bits per heavy atom. The van der Waals surface area contributed by atoms with Crippen LogP contribution in [0.3, 0.4) is 0 Å². The van der Waals surface area contributed by atoms with Gasteiger partial charge in [-0.25, -0.2) is 22.1 Å². The van der Waals surface area contributed by atoms with Gasteiger partial charge in [0.2, 0.25) is 10.0 Å². The second-order valence-corrected chi connectivity index (χ2v) is 10.9. The Balaban J connectivity index is 2.06. The number of halogens is 1. The maximum atomic E-state index is 13.6. The molecule has 1 unspecified atom stereocenters. The average Bonchev–Trinajstić information content (AvgIpc) is 3.26. The summed E-state index contributed by atoms with van der Waals surface area (Å²) in [5, 5.41) is 14.2. The zero-order chi connectivity index (χ0) is 27.6. The van der Waals surface area contributed by atoms with Gasteiger partial charge in [0.25, 0.3) is 0 Å². The summed E-state index contributed by atoms with van der Waals surface area (Å²) in [4.78, 5) is 24.7. The van der Waals surface area contributed by atoms with Crippen LogP contribution in [0.5, 0.6) is 0 Å². The third kappa shape index (κ3) is 5.33. The van der Waals surface area contributed by atoms with E-state index in [2.05, 4.69) is 5.10 Å². The Morgan fingerprint density at radius 3 is 2.58 bits per heavy atom. The second kappa shape index (κ2) is 10.8. The normalized spacial score (nSPS) is 15.4. The van der Waals surface area contributed by atoms with Crippen LogP contribution in [0, 0.1) is 11.7 Å². The van der Waals surface area contributed by atoms with Crippen LogP contribution in [0.1, 0.15) is 42.1 Å². The fourth-order valence-electron chi connectivity index (χ4n) is 4.42. The minimum atomic E-state index is -3.74. The molecule has 1 aliphatic rings. The molecule has 0 radical (unpaired) electrons. The number of pyridine rings is 1. The number of sulfonamides is 1. The number of carboxylic acids is 1. The summed E-state index contributed by atoms with van der Waals surface area (Å²) in [7, 11) is -2.51. The summed E-state index contributed by atoms with van der Waals surface area (Å²) >= 11 is 0. The number of carboxylic acid groups (broad SMARTS) is 1. The molecular weight excluding hydrogens is 513 g/mol. The predicted octanol–water partition coefficient (Wildman–Crippen LogP) is 4.54. The van der Waals surface area contributed by atoms with Crippen LogP contribution in [0.15, 0.2) is 54.8 Å². The molecule has 1 aromatic carbocycles. The maximum Gasteiger partial charge on any atom is 0.342 e. The Hall–Kier alpha value is -3.99. The van der Waals surface area contributed by atoms with E-state index in [9.17, 15) is 27.5 Å². The lowest BCUT2D eigenvalue weighted by Crippen LogP contribution is -2.32. The molecular formula is C27H28FN3O6S. The summed E-state index contributed by atoms with van der Waals surface area (Å²) < 4.78 is 47.1. The van der Waals surface area contributed by atoms with E-state index in [1.165, 1.54) is 46.4 Å². The van der Waals surface area contributed by atoms with E-state index >= 15 is 0 Å². The van der Waals surface area contributed by atoms with Gasteiger partial charge in [0.05, 0.1) is 36.7 Å². The smallest absolute Gasteiger partial charge is 0.342 e. The Labute approximate surface area is 219 Å². The minimum absolute atomic E-state index is 0.113. The largest absolute Gasteiger partial charge is 0.481 e. The lowest BCUT2D eigenvalue weighted by atomic mass is 9.91. The number of hydrogen-bond acceptors (Lipinski definition) is 6. The highest BCUT2D eigenvalue weighted by atomic mass is 32.2. The number of allylic oxidation sites excluding steroid dienone is 3. The molecule has 2 aromatic heterocycles. The van der Waals surface area contributed by atoms with Crippen LogP contribution in [0.2, 0.25) is 0 Å². The number of anilines is 1. The number of aliphatic carboxylic acids is 1. The summed E-state index contributed by atoms with van der Waals surface area (Å²) in [5.41, 5.74) is 2.36. The van der Waals surface area contributed by atoms with Crippen molar-refractivity contribution in [3.63, 3.8) is 0 Å². The van der Waals surface area contributed by atoms with Crippen LogP contribution in [-0.2, 0) is 19.6 Å². The highest BCUT2D eigenvalue weighted by Gasteiger charge is 2.28. The number of esters is 1. The van der Waals surface area contributed by atoms with Crippen molar-refractivity contribution in [2.45, 2.75) is 26.2 Å². The highest BCUT2D eigenvalue weighted by Crippen LogP contribution is 2.37. The molecule has 3 aromatic rings. The number of hydrogen-bond donors (Lipinski definition) is 1. The van der Waals surface area contributed by atoms with Crippen LogP contribution >= 0.6 is 0 Å². The monoisotopic (exact) mass is 541 g/mol. The Kier molecular flexibility index (Phi) is 7.68. The van der Waals surface area contributed by atoms with Gasteiger partial charge in [-0.2, -0.15) is 5.10 Å². The van der Waals surface area contributed by atoms with Gasteiger partial charge in [-0.15, -0.1) is 0 Å². The zero-order valence-corrected chi connectivity index (χ0v) is 22.0. The van der Waals surface area contributed by atoms with Gasteiger partial charge >= 0.3 is 11.9 Å².